The number of nitrogens with one attached hydrogen (secondary N) is 3. The van der Waals surface area contributed by atoms with Crippen LogP contribution < -0.4 is 21.7 Å². The van der Waals surface area contributed by atoms with Gasteiger partial charge in [0.05, 0.1) is 18.6 Å². The van der Waals surface area contributed by atoms with Crippen molar-refractivity contribution in [3.8, 4) is 0 Å². The highest BCUT2D eigenvalue weighted by Crippen LogP contribution is 2.28. The molecular weight excluding hydrogens is 412 g/mol. The molecule has 1 fully saturated rings. The average molecular weight is 457 g/mol. The van der Waals surface area contributed by atoms with E-state index in [1.165, 1.54) is 13.3 Å². The Bertz CT molecular complexity index is 624. The third-order valence-corrected chi connectivity index (χ3v) is 5.43. The summed E-state index contributed by atoms with van der Waals surface area (Å²) in [6.07, 6.45) is 4.02. The number of alkyl carbamates (subject to hydrolysis) is 1. The fourth-order valence-electron chi connectivity index (χ4n) is 3.71. The number of hydrogen-bond acceptors (Lipinski definition) is 6. The summed E-state index contributed by atoms with van der Waals surface area (Å²) in [4.78, 5) is 37.2. The second kappa shape index (κ2) is 12.4. The summed E-state index contributed by atoms with van der Waals surface area (Å²) in [6, 6.07) is -0.654. The maximum atomic E-state index is 12.9. The zero-order valence-electron chi connectivity index (χ0n) is 20.6. The highest BCUT2D eigenvalue weighted by Gasteiger charge is 2.36. The van der Waals surface area contributed by atoms with Gasteiger partial charge in [0.25, 0.3) is 5.91 Å². The van der Waals surface area contributed by atoms with E-state index < -0.39 is 35.4 Å². The smallest absolute Gasteiger partial charge is 0.409 e. The maximum Gasteiger partial charge on any atom is 0.409 e. The Kier molecular flexibility index (Phi) is 10.9. The fraction of sp³-hybridized carbons (Fsp3) is 0.870. The molecule has 0 aliphatic heterocycles. The molecule has 1 aliphatic rings. The van der Waals surface area contributed by atoms with E-state index in [2.05, 4.69) is 16.0 Å². The summed E-state index contributed by atoms with van der Waals surface area (Å²) < 4.78 is 5.18. The first-order valence-electron chi connectivity index (χ1n) is 11.8. The van der Waals surface area contributed by atoms with Crippen LogP contribution in [0.25, 0.3) is 0 Å². The van der Waals surface area contributed by atoms with E-state index in [4.69, 9.17) is 10.5 Å². The van der Waals surface area contributed by atoms with Crippen LogP contribution >= 0.6 is 0 Å². The fourth-order valence-corrected chi connectivity index (χ4v) is 3.71. The van der Waals surface area contributed by atoms with Crippen molar-refractivity contribution in [1.29, 1.82) is 0 Å². The minimum absolute atomic E-state index is 0.120. The van der Waals surface area contributed by atoms with E-state index in [1.807, 2.05) is 13.8 Å². The maximum absolute atomic E-state index is 12.9. The van der Waals surface area contributed by atoms with Gasteiger partial charge in [0, 0.05) is 6.54 Å². The molecule has 1 aliphatic carbocycles. The van der Waals surface area contributed by atoms with Gasteiger partial charge in [-0.2, -0.15) is 0 Å². The van der Waals surface area contributed by atoms with E-state index in [0.29, 0.717) is 24.8 Å². The predicted octanol–water partition coefficient (Wildman–Crippen LogP) is 2.16. The second-order valence-electron chi connectivity index (χ2n) is 10.6. The number of hydrogen-bond donors (Lipinski definition) is 5. The number of ether oxygens (including phenoxy) is 1. The van der Waals surface area contributed by atoms with E-state index in [1.54, 1.807) is 20.8 Å². The Morgan fingerprint density at radius 3 is 2.22 bits per heavy atom. The van der Waals surface area contributed by atoms with Crippen LogP contribution in [-0.4, -0.2) is 53.0 Å². The molecule has 1 saturated carbocycles. The van der Waals surface area contributed by atoms with Crippen LogP contribution in [0.15, 0.2) is 0 Å². The highest BCUT2D eigenvalue weighted by atomic mass is 16.6. The number of nitrogens with two attached hydrogens (primary N) is 1. The summed E-state index contributed by atoms with van der Waals surface area (Å²) in [6.45, 7) is 11.0. The predicted molar refractivity (Wildman–Crippen MR) is 124 cm³/mol. The van der Waals surface area contributed by atoms with Gasteiger partial charge in [0.1, 0.15) is 5.60 Å². The minimum atomic E-state index is -1.74. The van der Waals surface area contributed by atoms with Gasteiger partial charge in [0.2, 0.25) is 5.91 Å². The number of carbonyl (C=O) groups excluding carboxylic acids is 3. The molecule has 0 bridgehead atoms. The molecule has 3 amide bonds. The molecular formula is C23H44N4O5. The number of aliphatic hydroxyl groups excluding tert-OH is 1. The lowest BCUT2D eigenvalue weighted by atomic mass is 9.83. The van der Waals surface area contributed by atoms with Crippen LogP contribution in [0.3, 0.4) is 0 Å². The summed E-state index contributed by atoms with van der Waals surface area (Å²) in [5, 5.41) is 18.7. The lowest BCUT2D eigenvalue weighted by Gasteiger charge is -2.33. The largest absolute Gasteiger partial charge is 0.444 e. The second-order valence-corrected chi connectivity index (χ2v) is 10.6. The molecule has 0 heterocycles. The highest BCUT2D eigenvalue weighted by molar-refractivity contribution is 5.89. The molecule has 0 aromatic heterocycles. The molecule has 0 aromatic rings. The molecule has 1 rings (SSSR count). The molecule has 0 aromatic carbocycles. The van der Waals surface area contributed by atoms with Crippen LogP contribution in [0, 0.1) is 11.8 Å². The molecule has 9 heteroatoms. The van der Waals surface area contributed by atoms with Crippen LogP contribution in [0.5, 0.6) is 0 Å². The summed E-state index contributed by atoms with van der Waals surface area (Å²) in [7, 11) is 0. The first kappa shape index (κ1) is 28.2. The van der Waals surface area contributed by atoms with Crippen LogP contribution in [0.1, 0.15) is 86.5 Å². The molecule has 3 atom stereocenters. The number of carbonyl (C=O) groups is 3. The molecule has 186 valence electrons. The molecule has 0 saturated heterocycles. The molecule has 0 spiro atoms. The normalized spacial score (nSPS) is 18.9. The Hall–Kier alpha value is -1.87. The van der Waals surface area contributed by atoms with Crippen molar-refractivity contribution in [3.63, 3.8) is 0 Å². The lowest BCUT2D eigenvalue weighted by molar-refractivity contribution is -0.130. The first-order chi connectivity index (χ1) is 14.7. The van der Waals surface area contributed by atoms with Crippen LogP contribution in [0.2, 0.25) is 0 Å². The minimum Gasteiger partial charge on any atom is -0.444 e. The third kappa shape index (κ3) is 11.1. The SMILES string of the molecule is CC(C)CNC(=O)CC(O)C(CC1CCCCC1)NC(=O)[C@@](C)(N)NC(=O)OC(C)(C)C. The molecule has 32 heavy (non-hydrogen) atoms. The van der Waals surface area contributed by atoms with Crippen molar-refractivity contribution in [2.24, 2.45) is 17.6 Å². The zero-order valence-corrected chi connectivity index (χ0v) is 20.6. The number of rotatable bonds is 10. The molecule has 6 N–H and O–H groups in total. The van der Waals surface area contributed by atoms with Gasteiger partial charge in [-0.15, -0.1) is 0 Å². The number of aliphatic hydroxyl groups is 1. The Labute approximate surface area is 192 Å². The number of amides is 3. The molecule has 2 unspecified atom stereocenters. The quantitative estimate of drug-likeness (QED) is 0.319. The van der Waals surface area contributed by atoms with Crippen molar-refractivity contribution in [3.05, 3.63) is 0 Å². The standard InChI is InChI=1S/C23H44N4O5/c1-15(2)14-25-19(29)13-18(28)17(12-16-10-8-7-9-11-16)26-20(30)23(6,24)27-21(31)32-22(3,4)5/h15-18,28H,7-14,24H2,1-6H3,(H,25,29)(H,26,30)(H,27,31)/t17?,18?,23-/m0/s1. The van der Waals surface area contributed by atoms with E-state index in [0.717, 1.165) is 25.7 Å². The van der Waals surface area contributed by atoms with E-state index in [-0.39, 0.29) is 12.3 Å². The van der Waals surface area contributed by atoms with Gasteiger partial charge >= 0.3 is 6.09 Å². The Morgan fingerprint density at radius 1 is 1.09 bits per heavy atom. The van der Waals surface area contributed by atoms with Crippen LogP contribution in [-0.2, 0) is 14.3 Å². The van der Waals surface area contributed by atoms with Gasteiger partial charge in [0.15, 0.2) is 5.66 Å². The van der Waals surface area contributed by atoms with Crippen molar-refractivity contribution in [2.45, 2.75) is 110 Å². The summed E-state index contributed by atoms with van der Waals surface area (Å²) >= 11 is 0. The van der Waals surface area contributed by atoms with Gasteiger partial charge in [-0.05, 0) is 46.0 Å². The van der Waals surface area contributed by atoms with Crippen molar-refractivity contribution >= 4 is 17.9 Å². The van der Waals surface area contributed by atoms with Gasteiger partial charge in [-0.3, -0.25) is 14.9 Å². The van der Waals surface area contributed by atoms with Gasteiger partial charge < -0.3 is 26.2 Å². The Morgan fingerprint density at radius 2 is 1.69 bits per heavy atom. The van der Waals surface area contributed by atoms with Gasteiger partial charge in [-0.1, -0.05) is 46.0 Å². The van der Waals surface area contributed by atoms with Gasteiger partial charge in [-0.25, -0.2) is 4.79 Å². The van der Waals surface area contributed by atoms with Crippen molar-refractivity contribution < 1.29 is 24.2 Å². The lowest BCUT2D eigenvalue weighted by Crippen LogP contribution is -2.65. The van der Waals surface area contributed by atoms with Crippen molar-refractivity contribution in [1.82, 2.24) is 16.0 Å². The van der Waals surface area contributed by atoms with E-state index in [9.17, 15) is 19.5 Å². The van der Waals surface area contributed by atoms with E-state index >= 15 is 0 Å². The first-order valence-corrected chi connectivity index (χ1v) is 11.8. The third-order valence-electron chi connectivity index (χ3n) is 5.43. The summed E-state index contributed by atoms with van der Waals surface area (Å²) in [5.74, 6) is -0.265. The monoisotopic (exact) mass is 456 g/mol. The van der Waals surface area contributed by atoms with Crippen molar-refractivity contribution in [2.75, 3.05) is 6.54 Å². The topological polar surface area (TPSA) is 143 Å². The Balaban J connectivity index is 2.82. The zero-order chi connectivity index (χ0) is 24.5. The average Bonchev–Trinajstić information content (AvgIpc) is 2.64. The summed E-state index contributed by atoms with van der Waals surface area (Å²) in [5.41, 5.74) is 3.58. The molecule has 0 radical (unpaired) electrons. The molecule has 9 nitrogen and oxygen atoms in total. The van der Waals surface area contributed by atoms with Crippen LogP contribution in [0.4, 0.5) is 4.79 Å².